The molecular weight excluding hydrogens is 307 g/mol. The molecule has 4 saturated carbocycles. The number of rotatable bonds is 0. The summed E-state index contributed by atoms with van der Waals surface area (Å²) in [6.45, 7) is 8.16. The Labute approximate surface area is 142 Å². The molecule has 1 N–H and O–H groups in total. The standard InChI is InChI=1S/C20H27FO3/c1-11-8-13-14(19(3)7-4-12(22)10-20(11,19)24)5-6-18(2)15(13)9-16(21)17(18)23/h13-16,24H,1,4-10H2,2-3H3. The van der Waals surface area contributed by atoms with Crippen LogP contribution < -0.4 is 0 Å². The van der Waals surface area contributed by atoms with Gasteiger partial charge in [-0.2, -0.15) is 0 Å². The van der Waals surface area contributed by atoms with Gasteiger partial charge in [0.25, 0.3) is 0 Å². The number of hydrogen-bond donors (Lipinski definition) is 1. The normalized spacial score (nSPS) is 54.2. The summed E-state index contributed by atoms with van der Waals surface area (Å²) in [6.07, 6.45) is 2.45. The van der Waals surface area contributed by atoms with E-state index in [4.69, 9.17) is 0 Å². The Hall–Kier alpha value is -1.03. The van der Waals surface area contributed by atoms with Gasteiger partial charge in [-0.1, -0.05) is 20.4 Å². The van der Waals surface area contributed by atoms with Crippen LogP contribution in [0.3, 0.4) is 0 Å². The van der Waals surface area contributed by atoms with Crippen molar-refractivity contribution in [3.63, 3.8) is 0 Å². The van der Waals surface area contributed by atoms with Crippen molar-refractivity contribution in [1.29, 1.82) is 0 Å². The molecule has 3 nitrogen and oxygen atoms in total. The molecule has 132 valence electrons. The Balaban J connectivity index is 1.75. The minimum Gasteiger partial charge on any atom is -0.384 e. The van der Waals surface area contributed by atoms with Gasteiger partial charge in [-0.05, 0) is 55.4 Å². The number of ketones is 2. The lowest BCUT2D eigenvalue weighted by molar-refractivity contribution is -0.177. The molecule has 0 radical (unpaired) electrons. The van der Waals surface area contributed by atoms with Gasteiger partial charge in [0.15, 0.2) is 12.0 Å². The summed E-state index contributed by atoms with van der Waals surface area (Å²) in [5.74, 6) is 0.350. The lowest BCUT2D eigenvalue weighted by atomic mass is 9.43. The first-order chi connectivity index (χ1) is 11.1. The summed E-state index contributed by atoms with van der Waals surface area (Å²) < 4.78 is 14.2. The second kappa shape index (κ2) is 4.78. The van der Waals surface area contributed by atoms with Crippen LogP contribution in [0.1, 0.15) is 58.8 Å². The molecule has 0 saturated heterocycles. The van der Waals surface area contributed by atoms with Gasteiger partial charge in [0.05, 0.1) is 5.60 Å². The number of hydrogen-bond acceptors (Lipinski definition) is 3. The maximum Gasteiger partial charge on any atom is 0.173 e. The topological polar surface area (TPSA) is 54.4 Å². The largest absolute Gasteiger partial charge is 0.384 e. The number of alkyl halides is 1. The van der Waals surface area contributed by atoms with Crippen LogP contribution in [0.2, 0.25) is 0 Å². The number of fused-ring (bicyclic) bond motifs is 5. The van der Waals surface area contributed by atoms with Crippen molar-refractivity contribution in [3.05, 3.63) is 12.2 Å². The first kappa shape index (κ1) is 16.4. The molecule has 24 heavy (non-hydrogen) atoms. The SMILES string of the molecule is C=C1CC2C3CC(F)C(=O)C3(C)CCC2C2(C)CCC(=O)CC12O. The molecule has 4 fully saturated rings. The van der Waals surface area contributed by atoms with E-state index in [1.54, 1.807) is 0 Å². The highest BCUT2D eigenvalue weighted by atomic mass is 19.1. The van der Waals surface area contributed by atoms with Crippen LogP contribution >= 0.6 is 0 Å². The van der Waals surface area contributed by atoms with Crippen molar-refractivity contribution in [1.82, 2.24) is 0 Å². The fraction of sp³-hybridized carbons (Fsp3) is 0.800. The van der Waals surface area contributed by atoms with Gasteiger partial charge in [0.2, 0.25) is 0 Å². The van der Waals surface area contributed by atoms with Gasteiger partial charge < -0.3 is 5.11 Å². The van der Waals surface area contributed by atoms with Crippen molar-refractivity contribution in [3.8, 4) is 0 Å². The molecule has 7 unspecified atom stereocenters. The summed E-state index contributed by atoms with van der Waals surface area (Å²) in [4.78, 5) is 24.4. The van der Waals surface area contributed by atoms with Crippen LogP contribution in [0.15, 0.2) is 12.2 Å². The zero-order valence-corrected chi connectivity index (χ0v) is 14.6. The molecule has 7 atom stereocenters. The van der Waals surface area contributed by atoms with E-state index < -0.39 is 17.2 Å². The van der Waals surface area contributed by atoms with Gasteiger partial charge in [-0.25, -0.2) is 4.39 Å². The molecule has 0 spiro atoms. The first-order valence-electron chi connectivity index (χ1n) is 9.24. The van der Waals surface area contributed by atoms with Crippen molar-refractivity contribution in [2.24, 2.45) is 28.6 Å². The van der Waals surface area contributed by atoms with Gasteiger partial charge >= 0.3 is 0 Å². The molecular formula is C20H27FO3. The highest BCUT2D eigenvalue weighted by Gasteiger charge is 2.67. The summed E-state index contributed by atoms with van der Waals surface area (Å²) in [6, 6.07) is 0. The lowest BCUT2D eigenvalue weighted by Crippen LogP contribution is -2.63. The quantitative estimate of drug-likeness (QED) is 0.691. The van der Waals surface area contributed by atoms with Gasteiger partial charge in [-0.3, -0.25) is 9.59 Å². The first-order valence-corrected chi connectivity index (χ1v) is 9.24. The third-order valence-electron chi connectivity index (χ3n) is 8.34. The maximum absolute atomic E-state index is 14.2. The van der Waals surface area contributed by atoms with E-state index in [0.717, 1.165) is 12.0 Å². The van der Waals surface area contributed by atoms with Crippen LogP contribution in [-0.4, -0.2) is 28.4 Å². The Morgan fingerprint density at radius 2 is 1.92 bits per heavy atom. The highest BCUT2D eigenvalue weighted by molar-refractivity contribution is 5.91. The third kappa shape index (κ3) is 1.76. The number of carbonyl (C=O) groups is 2. The fourth-order valence-corrected chi connectivity index (χ4v) is 6.77. The van der Waals surface area contributed by atoms with Crippen LogP contribution in [0, 0.1) is 28.6 Å². The molecule has 0 aromatic rings. The Kier molecular flexibility index (Phi) is 3.27. The van der Waals surface area contributed by atoms with E-state index in [1.165, 1.54) is 0 Å². The monoisotopic (exact) mass is 334 g/mol. The second-order valence-electron chi connectivity index (χ2n) is 9.20. The molecule has 0 heterocycles. The number of halogens is 1. The number of aliphatic hydroxyl groups is 1. The zero-order chi connectivity index (χ0) is 17.5. The summed E-state index contributed by atoms with van der Waals surface area (Å²) in [7, 11) is 0. The van der Waals surface area contributed by atoms with E-state index in [9.17, 15) is 19.1 Å². The van der Waals surface area contributed by atoms with Crippen molar-refractivity contribution >= 4 is 11.6 Å². The molecule has 4 aliphatic rings. The average Bonchev–Trinajstić information content (AvgIpc) is 2.75. The van der Waals surface area contributed by atoms with Gasteiger partial charge in [0, 0.05) is 23.7 Å². The van der Waals surface area contributed by atoms with E-state index in [2.05, 4.69) is 13.5 Å². The molecule has 4 heteroatoms. The summed E-state index contributed by atoms with van der Waals surface area (Å²) in [5, 5.41) is 11.4. The highest BCUT2D eigenvalue weighted by Crippen LogP contribution is 2.67. The second-order valence-corrected chi connectivity index (χ2v) is 9.20. The Morgan fingerprint density at radius 1 is 1.21 bits per heavy atom. The predicted octanol–water partition coefficient (Wildman–Crippen LogP) is 3.40. The zero-order valence-electron chi connectivity index (χ0n) is 14.6. The van der Waals surface area contributed by atoms with Crippen molar-refractivity contribution < 1.29 is 19.1 Å². The summed E-state index contributed by atoms with van der Waals surface area (Å²) >= 11 is 0. The van der Waals surface area contributed by atoms with Crippen molar-refractivity contribution in [2.45, 2.75) is 70.6 Å². The smallest absolute Gasteiger partial charge is 0.173 e. The molecule has 0 aliphatic heterocycles. The number of carbonyl (C=O) groups excluding carboxylic acids is 2. The minimum atomic E-state index is -1.34. The summed E-state index contributed by atoms with van der Waals surface area (Å²) in [5.41, 5.74) is -1.36. The molecule has 0 amide bonds. The van der Waals surface area contributed by atoms with Crippen LogP contribution in [0.5, 0.6) is 0 Å². The van der Waals surface area contributed by atoms with Crippen molar-refractivity contribution in [2.75, 3.05) is 0 Å². The van der Waals surface area contributed by atoms with Gasteiger partial charge in [-0.15, -0.1) is 0 Å². The van der Waals surface area contributed by atoms with E-state index >= 15 is 0 Å². The third-order valence-corrected chi connectivity index (χ3v) is 8.34. The molecule has 0 aromatic carbocycles. The molecule has 0 aromatic heterocycles. The molecule has 4 aliphatic carbocycles. The van der Waals surface area contributed by atoms with E-state index in [1.807, 2.05) is 6.92 Å². The van der Waals surface area contributed by atoms with E-state index in [-0.39, 0.29) is 41.2 Å². The minimum absolute atomic E-state index is 0.0366. The Morgan fingerprint density at radius 3 is 2.62 bits per heavy atom. The molecule has 0 bridgehead atoms. The average molecular weight is 334 g/mol. The predicted molar refractivity (Wildman–Crippen MR) is 88.0 cm³/mol. The van der Waals surface area contributed by atoms with Crippen LogP contribution in [-0.2, 0) is 9.59 Å². The van der Waals surface area contributed by atoms with Crippen LogP contribution in [0.25, 0.3) is 0 Å². The Bertz CT molecular complexity index is 643. The van der Waals surface area contributed by atoms with E-state index in [0.29, 0.717) is 32.1 Å². The van der Waals surface area contributed by atoms with Crippen LogP contribution in [0.4, 0.5) is 4.39 Å². The molecule has 4 rings (SSSR count). The van der Waals surface area contributed by atoms with Gasteiger partial charge in [0.1, 0.15) is 5.78 Å². The lowest BCUT2D eigenvalue weighted by Gasteiger charge is -2.63. The number of Topliss-reactive ketones (excluding diaryl/α,β-unsaturated/α-hetero) is 2. The maximum atomic E-state index is 14.2. The fourth-order valence-electron chi connectivity index (χ4n) is 6.77.